The lowest BCUT2D eigenvalue weighted by Crippen LogP contribution is -2.10. The van der Waals surface area contributed by atoms with E-state index in [9.17, 15) is 9.59 Å². The van der Waals surface area contributed by atoms with Crippen molar-refractivity contribution >= 4 is 40.4 Å². The second-order valence-electron chi connectivity index (χ2n) is 4.32. The molecule has 3 aromatic rings. The van der Waals surface area contributed by atoms with Crippen molar-refractivity contribution < 1.29 is 9.90 Å². The minimum Gasteiger partial charge on any atom is -0.481 e. The number of hydrogen-bond donors (Lipinski definition) is 2. The van der Waals surface area contributed by atoms with Gasteiger partial charge in [0.1, 0.15) is 5.39 Å². The fourth-order valence-electron chi connectivity index (χ4n) is 1.87. The van der Waals surface area contributed by atoms with Gasteiger partial charge in [-0.2, -0.15) is 5.10 Å². The van der Waals surface area contributed by atoms with E-state index in [1.165, 1.54) is 10.9 Å². The van der Waals surface area contributed by atoms with Crippen molar-refractivity contribution in [1.82, 2.24) is 19.7 Å². The van der Waals surface area contributed by atoms with Crippen LogP contribution in [0.5, 0.6) is 0 Å². The highest BCUT2D eigenvalue weighted by atomic mass is 35.5. The Morgan fingerprint density at radius 1 is 1.36 bits per heavy atom. The van der Waals surface area contributed by atoms with Crippen LogP contribution in [0.4, 0.5) is 0 Å². The Morgan fingerprint density at radius 3 is 2.77 bits per heavy atom. The monoisotopic (exact) mass is 336 g/mol. The minimum absolute atomic E-state index is 0.191. The maximum Gasteiger partial charge on any atom is 0.313 e. The zero-order chi connectivity index (χ0) is 15.7. The summed E-state index contributed by atoms with van der Waals surface area (Å²) in [5.74, 6) is -1.18. The number of carboxylic acids is 1. The molecule has 0 atom stereocenters. The first-order valence-electron chi connectivity index (χ1n) is 6.13. The number of aliphatic carboxylic acids is 1. The van der Waals surface area contributed by atoms with Crippen LogP contribution in [0, 0.1) is 0 Å². The summed E-state index contributed by atoms with van der Waals surface area (Å²) in [6.07, 6.45) is 1.42. The Hall–Kier alpha value is -2.32. The topological polar surface area (TPSA) is 101 Å². The molecule has 0 saturated heterocycles. The van der Waals surface area contributed by atoms with Crippen LogP contribution in [-0.2, 0) is 4.79 Å². The van der Waals surface area contributed by atoms with E-state index in [0.29, 0.717) is 21.7 Å². The molecule has 0 amide bonds. The van der Waals surface area contributed by atoms with Gasteiger partial charge in [0.05, 0.1) is 17.6 Å². The number of hydrogen-bond acceptors (Lipinski definition) is 5. The number of carbonyl (C=O) groups is 1. The van der Waals surface area contributed by atoms with E-state index in [-0.39, 0.29) is 16.5 Å². The Balaban J connectivity index is 2.10. The predicted molar refractivity (Wildman–Crippen MR) is 82.9 cm³/mol. The molecule has 7 nitrogen and oxygen atoms in total. The van der Waals surface area contributed by atoms with Gasteiger partial charge in [-0.15, -0.1) is 0 Å². The zero-order valence-corrected chi connectivity index (χ0v) is 12.6. The van der Waals surface area contributed by atoms with Crippen molar-refractivity contribution in [1.29, 1.82) is 0 Å². The van der Waals surface area contributed by atoms with Crippen molar-refractivity contribution in [2.24, 2.45) is 0 Å². The minimum atomic E-state index is -0.987. The highest BCUT2D eigenvalue weighted by Gasteiger charge is 2.12. The lowest BCUT2D eigenvalue weighted by atomic mass is 10.3. The molecule has 0 radical (unpaired) electrons. The summed E-state index contributed by atoms with van der Waals surface area (Å²) in [6, 6.07) is 6.92. The number of aromatic amines is 1. The van der Waals surface area contributed by atoms with E-state index in [2.05, 4.69) is 15.1 Å². The van der Waals surface area contributed by atoms with Crippen molar-refractivity contribution in [3.05, 3.63) is 45.8 Å². The Kier molecular flexibility index (Phi) is 3.86. The quantitative estimate of drug-likeness (QED) is 0.557. The molecule has 1 aromatic carbocycles. The number of nitrogens with zero attached hydrogens (tertiary/aromatic N) is 3. The van der Waals surface area contributed by atoms with Crippen LogP contribution in [0.15, 0.2) is 40.4 Å². The molecule has 0 unspecified atom stereocenters. The predicted octanol–water partition coefficient (Wildman–Crippen LogP) is 1.94. The van der Waals surface area contributed by atoms with Crippen LogP contribution in [0.2, 0.25) is 5.02 Å². The molecule has 9 heteroatoms. The van der Waals surface area contributed by atoms with Crippen molar-refractivity contribution in [3.63, 3.8) is 0 Å². The summed E-state index contributed by atoms with van der Waals surface area (Å²) < 4.78 is 1.51. The van der Waals surface area contributed by atoms with Crippen molar-refractivity contribution in [2.75, 3.05) is 5.75 Å². The summed E-state index contributed by atoms with van der Waals surface area (Å²) in [5.41, 5.74) is 0.698. The summed E-state index contributed by atoms with van der Waals surface area (Å²) in [7, 11) is 0. The van der Waals surface area contributed by atoms with Crippen molar-refractivity contribution in [2.45, 2.75) is 5.16 Å². The lowest BCUT2D eigenvalue weighted by Gasteiger charge is -2.04. The van der Waals surface area contributed by atoms with E-state index in [4.69, 9.17) is 16.7 Å². The maximum absolute atomic E-state index is 12.0. The molecule has 112 valence electrons. The highest BCUT2D eigenvalue weighted by Crippen LogP contribution is 2.19. The van der Waals surface area contributed by atoms with Gasteiger partial charge in [-0.1, -0.05) is 23.4 Å². The molecule has 0 aliphatic heterocycles. The number of rotatable bonds is 4. The Bertz CT molecular complexity index is 904. The third kappa shape index (κ3) is 2.83. The maximum atomic E-state index is 12.0. The van der Waals surface area contributed by atoms with Crippen molar-refractivity contribution in [3.8, 4) is 5.69 Å². The van der Waals surface area contributed by atoms with Crippen LogP contribution in [0.3, 0.4) is 0 Å². The number of nitrogens with one attached hydrogen (secondary N) is 1. The molecule has 2 aromatic heterocycles. The van der Waals surface area contributed by atoms with Crippen LogP contribution >= 0.6 is 23.4 Å². The fourth-order valence-corrected chi connectivity index (χ4v) is 2.57. The number of aromatic nitrogens is 4. The first kappa shape index (κ1) is 14.6. The molecule has 0 spiro atoms. The normalized spacial score (nSPS) is 11.0. The van der Waals surface area contributed by atoms with E-state index in [1.54, 1.807) is 24.3 Å². The number of halogens is 1. The zero-order valence-electron chi connectivity index (χ0n) is 11.0. The first-order valence-corrected chi connectivity index (χ1v) is 7.49. The largest absolute Gasteiger partial charge is 0.481 e. The van der Waals surface area contributed by atoms with Gasteiger partial charge in [0, 0.05) is 5.02 Å². The van der Waals surface area contributed by atoms with Crippen LogP contribution in [-0.4, -0.2) is 36.6 Å². The van der Waals surface area contributed by atoms with Gasteiger partial charge >= 0.3 is 5.97 Å². The van der Waals surface area contributed by atoms with Crippen LogP contribution < -0.4 is 5.56 Å². The fraction of sp³-hybridized carbons (Fsp3) is 0.0769. The highest BCUT2D eigenvalue weighted by molar-refractivity contribution is 7.99. The second kappa shape index (κ2) is 5.82. The van der Waals surface area contributed by atoms with E-state index in [0.717, 1.165) is 11.8 Å². The molecule has 0 aliphatic rings. The Morgan fingerprint density at radius 2 is 2.09 bits per heavy atom. The molecule has 2 N–H and O–H groups in total. The van der Waals surface area contributed by atoms with E-state index < -0.39 is 5.97 Å². The number of H-pyrrole nitrogens is 1. The SMILES string of the molecule is O=C(O)CSc1nc2c(cnn2-c2ccc(Cl)cc2)c(=O)[nH]1. The van der Waals surface area contributed by atoms with Gasteiger partial charge in [-0.3, -0.25) is 9.59 Å². The molecular formula is C13H9ClN4O3S. The molecule has 22 heavy (non-hydrogen) atoms. The molecular weight excluding hydrogens is 328 g/mol. The molecule has 0 saturated carbocycles. The third-order valence-corrected chi connectivity index (χ3v) is 3.93. The average Bonchev–Trinajstić information content (AvgIpc) is 2.90. The van der Waals surface area contributed by atoms with Crippen LogP contribution in [0.1, 0.15) is 0 Å². The Labute approximate surface area is 132 Å². The van der Waals surface area contributed by atoms with Crippen LogP contribution in [0.25, 0.3) is 16.7 Å². The van der Waals surface area contributed by atoms with Gasteiger partial charge in [-0.25, -0.2) is 9.67 Å². The molecule has 0 bridgehead atoms. The van der Waals surface area contributed by atoms with E-state index in [1.807, 2.05) is 0 Å². The molecule has 2 heterocycles. The number of carboxylic acid groups (broad SMARTS) is 1. The number of thioether (sulfide) groups is 1. The first-order chi connectivity index (χ1) is 10.5. The summed E-state index contributed by atoms with van der Waals surface area (Å²) in [6.45, 7) is 0. The summed E-state index contributed by atoms with van der Waals surface area (Å²) in [4.78, 5) is 29.4. The number of fused-ring (bicyclic) bond motifs is 1. The van der Waals surface area contributed by atoms with Gasteiger partial charge in [0.25, 0.3) is 5.56 Å². The average molecular weight is 337 g/mol. The van der Waals surface area contributed by atoms with Gasteiger partial charge < -0.3 is 10.1 Å². The third-order valence-electron chi connectivity index (χ3n) is 2.82. The smallest absolute Gasteiger partial charge is 0.313 e. The lowest BCUT2D eigenvalue weighted by molar-refractivity contribution is -0.133. The summed E-state index contributed by atoms with van der Waals surface area (Å²) in [5, 5.41) is 14.0. The van der Waals surface area contributed by atoms with Gasteiger partial charge in [0.15, 0.2) is 10.8 Å². The van der Waals surface area contributed by atoms with Gasteiger partial charge in [0.2, 0.25) is 0 Å². The summed E-state index contributed by atoms with van der Waals surface area (Å²) >= 11 is 6.79. The van der Waals surface area contributed by atoms with E-state index >= 15 is 0 Å². The molecule has 0 fully saturated rings. The second-order valence-corrected chi connectivity index (χ2v) is 5.72. The van der Waals surface area contributed by atoms with Gasteiger partial charge in [-0.05, 0) is 24.3 Å². The number of benzene rings is 1. The standard InChI is InChI=1S/C13H9ClN4O3S/c14-7-1-3-8(4-2-7)18-11-9(5-15-18)12(21)17-13(16-11)22-6-10(19)20/h1-5H,6H2,(H,19,20)(H,16,17,21). The molecule has 0 aliphatic carbocycles. The molecule has 3 rings (SSSR count).